The van der Waals surface area contributed by atoms with Crippen LogP contribution >= 0.6 is 15.9 Å². The van der Waals surface area contributed by atoms with E-state index in [1.165, 1.54) is 12.1 Å². The molecule has 0 saturated heterocycles. The topological polar surface area (TPSA) is 46.9 Å². The van der Waals surface area contributed by atoms with Gasteiger partial charge in [-0.15, -0.1) is 0 Å². The summed E-state index contributed by atoms with van der Waals surface area (Å²) < 4.78 is 16.1. The molecule has 0 aliphatic rings. The molecule has 0 atom stereocenters. The lowest BCUT2D eigenvalue weighted by atomic mass is 10.2. The Kier molecular flexibility index (Phi) is 4.68. The van der Waals surface area contributed by atoms with E-state index >= 15 is 0 Å². The van der Waals surface area contributed by atoms with Crippen molar-refractivity contribution < 1.29 is 9.18 Å². The average molecular weight is 326 g/mol. The van der Waals surface area contributed by atoms with E-state index in [-0.39, 0.29) is 5.56 Å². The van der Waals surface area contributed by atoms with Gasteiger partial charge in [0, 0.05) is 30.0 Å². The fraction of sp³-hybridized carbons (Fsp3) is 0.231. The first-order valence-corrected chi connectivity index (χ1v) is 6.65. The summed E-state index contributed by atoms with van der Waals surface area (Å²) in [7, 11) is 0. The molecule has 6 heteroatoms. The minimum Gasteiger partial charge on any atom is -0.352 e. The monoisotopic (exact) mass is 325 g/mol. The Bertz CT molecular complexity index is 557. The number of nitrogens with one attached hydrogen (secondary N) is 1. The molecule has 1 aromatic heterocycles. The van der Waals surface area contributed by atoms with Gasteiger partial charge in [0.1, 0.15) is 5.82 Å². The molecule has 0 aliphatic heterocycles. The lowest BCUT2D eigenvalue weighted by molar-refractivity contribution is 0.0948. The number of rotatable bonds is 5. The van der Waals surface area contributed by atoms with Crippen LogP contribution in [0.4, 0.5) is 4.39 Å². The standard InChI is InChI=1S/C13H13BrFN3O/c14-10-2-3-12(15)11(8-10)13(19)17-4-1-6-18-7-5-16-9-18/h2-3,5,7-9H,1,4,6H2,(H,17,19). The Hall–Kier alpha value is -1.69. The molecule has 2 aromatic rings. The van der Waals surface area contributed by atoms with E-state index in [0.717, 1.165) is 13.0 Å². The van der Waals surface area contributed by atoms with E-state index in [0.29, 0.717) is 11.0 Å². The molecule has 1 amide bonds. The SMILES string of the molecule is O=C(NCCCn1ccnc1)c1cc(Br)ccc1F. The van der Waals surface area contributed by atoms with Crippen LogP contribution in [0.2, 0.25) is 0 Å². The van der Waals surface area contributed by atoms with Crippen molar-refractivity contribution in [3.8, 4) is 0 Å². The van der Waals surface area contributed by atoms with Gasteiger partial charge in [-0.05, 0) is 24.6 Å². The molecule has 19 heavy (non-hydrogen) atoms. The summed E-state index contributed by atoms with van der Waals surface area (Å²) in [6.07, 6.45) is 6.04. The highest BCUT2D eigenvalue weighted by Gasteiger charge is 2.11. The first-order valence-electron chi connectivity index (χ1n) is 5.86. The maximum atomic E-state index is 13.5. The van der Waals surface area contributed by atoms with E-state index < -0.39 is 11.7 Å². The van der Waals surface area contributed by atoms with Crippen molar-refractivity contribution in [2.75, 3.05) is 6.54 Å². The Labute approximate surface area is 118 Å². The summed E-state index contributed by atoms with van der Waals surface area (Å²) in [5, 5.41) is 2.70. The number of benzene rings is 1. The zero-order chi connectivity index (χ0) is 13.7. The third kappa shape index (κ3) is 3.89. The molecule has 0 bridgehead atoms. The fourth-order valence-corrected chi connectivity index (χ4v) is 2.01. The van der Waals surface area contributed by atoms with Crippen LogP contribution in [0.3, 0.4) is 0 Å². The molecule has 4 nitrogen and oxygen atoms in total. The van der Waals surface area contributed by atoms with Crippen molar-refractivity contribution >= 4 is 21.8 Å². The van der Waals surface area contributed by atoms with Crippen molar-refractivity contribution in [1.29, 1.82) is 0 Å². The third-order valence-electron chi connectivity index (χ3n) is 2.61. The Morgan fingerprint density at radius 2 is 2.32 bits per heavy atom. The van der Waals surface area contributed by atoms with E-state index in [2.05, 4.69) is 26.2 Å². The number of carbonyl (C=O) groups excluding carboxylic acids is 1. The third-order valence-corrected chi connectivity index (χ3v) is 3.10. The van der Waals surface area contributed by atoms with Crippen LogP contribution < -0.4 is 5.32 Å². The summed E-state index contributed by atoms with van der Waals surface area (Å²) in [6, 6.07) is 4.30. The number of hydrogen-bond acceptors (Lipinski definition) is 2. The first-order chi connectivity index (χ1) is 9.16. The minimum atomic E-state index is -0.518. The first kappa shape index (κ1) is 13.7. The lowest BCUT2D eigenvalue weighted by Crippen LogP contribution is -2.26. The quantitative estimate of drug-likeness (QED) is 0.859. The van der Waals surface area contributed by atoms with Crippen LogP contribution in [-0.4, -0.2) is 22.0 Å². The molecule has 0 radical (unpaired) electrons. The maximum absolute atomic E-state index is 13.5. The lowest BCUT2D eigenvalue weighted by Gasteiger charge is -2.07. The zero-order valence-corrected chi connectivity index (χ0v) is 11.7. The van der Waals surface area contributed by atoms with Gasteiger partial charge >= 0.3 is 0 Å². The molecular formula is C13H13BrFN3O. The van der Waals surface area contributed by atoms with Crippen molar-refractivity contribution in [2.45, 2.75) is 13.0 Å². The summed E-state index contributed by atoms with van der Waals surface area (Å²) in [5.41, 5.74) is 0.0528. The molecule has 0 fully saturated rings. The van der Waals surface area contributed by atoms with E-state index in [1.54, 1.807) is 18.6 Å². The maximum Gasteiger partial charge on any atom is 0.254 e. The molecule has 1 N–H and O–H groups in total. The smallest absolute Gasteiger partial charge is 0.254 e. The number of imidazole rings is 1. The molecule has 0 unspecified atom stereocenters. The number of halogens is 2. The molecule has 0 spiro atoms. The number of aromatic nitrogens is 2. The van der Waals surface area contributed by atoms with Gasteiger partial charge in [-0.1, -0.05) is 15.9 Å². The molecule has 1 heterocycles. The van der Waals surface area contributed by atoms with Crippen LogP contribution in [0.25, 0.3) is 0 Å². The number of hydrogen-bond donors (Lipinski definition) is 1. The Morgan fingerprint density at radius 3 is 3.05 bits per heavy atom. The van der Waals surface area contributed by atoms with E-state index in [1.807, 2.05) is 10.8 Å². The normalized spacial score (nSPS) is 10.4. The van der Waals surface area contributed by atoms with Crippen LogP contribution in [-0.2, 0) is 6.54 Å². The van der Waals surface area contributed by atoms with Crippen molar-refractivity contribution in [1.82, 2.24) is 14.9 Å². The highest BCUT2D eigenvalue weighted by atomic mass is 79.9. The number of aryl methyl sites for hydroxylation is 1. The molecule has 2 rings (SSSR count). The summed E-state index contributed by atoms with van der Waals surface area (Å²) in [4.78, 5) is 15.7. The summed E-state index contributed by atoms with van der Waals surface area (Å²) in [5.74, 6) is -0.917. The minimum absolute atomic E-state index is 0.0528. The van der Waals surface area contributed by atoms with Gasteiger partial charge in [0.05, 0.1) is 11.9 Å². The average Bonchev–Trinajstić information content (AvgIpc) is 2.90. The second-order valence-corrected chi connectivity index (χ2v) is 4.95. The predicted molar refractivity (Wildman–Crippen MR) is 73.3 cm³/mol. The van der Waals surface area contributed by atoms with Crippen molar-refractivity contribution in [2.24, 2.45) is 0 Å². The second kappa shape index (κ2) is 6.47. The largest absolute Gasteiger partial charge is 0.352 e. The fourth-order valence-electron chi connectivity index (χ4n) is 1.65. The Morgan fingerprint density at radius 1 is 1.47 bits per heavy atom. The number of amides is 1. The van der Waals surface area contributed by atoms with Crippen LogP contribution in [0, 0.1) is 5.82 Å². The van der Waals surface area contributed by atoms with Gasteiger partial charge in [-0.25, -0.2) is 9.37 Å². The highest BCUT2D eigenvalue weighted by molar-refractivity contribution is 9.10. The van der Waals surface area contributed by atoms with Crippen molar-refractivity contribution in [3.05, 3.63) is 52.8 Å². The molecule has 1 aromatic carbocycles. The van der Waals surface area contributed by atoms with Crippen LogP contribution in [0.5, 0.6) is 0 Å². The van der Waals surface area contributed by atoms with E-state index in [4.69, 9.17) is 0 Å². The predicted octanol–water partition coefficient (Wildman–Crippen LogP) is 2.60. The van der Waals surface area contributed by atoms with Gasteiger partial charge in [-0.3, -0.25) is 4.79 Å². The Balaban J connectivity index is 1.82. The van der Waals surface area contributed by atoms with Gasteiger partial charge < -0.3 is 9.88 Å². The number of carbonyl (C=O) groups is 1. The molecular weight excluding hydrogens is 313 g/mol. The van der Waals surface area contributed by atoms with Gasteiger partial charge in [0.2, 0.25) is 0 Å². The summed E-state index contributed by atoms with van der Waals surface area (Å²) in [6.45, 7) is 1.25. The number of nitrogens with zero attached hydrogens (tertiary/aromatic N) is 2. The molecule has 0 aliphatic carbocycles. The highest BCUT2D eigenvalue weighted by Crippen LogP contribution is 2.15. The van der Waals surface area contributed by atoms with Gasteiger partial charge in [-0.2, -0.15) is 0 Å². The zero-order valence-electron chi connectivity index (χ0n) is 10.1. The second-order valence-electron chi connectivity index (χ2n) is 4.03. The van der Waals surface area contributed by atoms with Gasteiger partial charge in [0.15, 0.2) is 0 Å². The van der Waals surface area contributed by atoms with Crippen LogP contribution in [0.15, 0.2) is 41.4 Å². The molecule has 0 saturated carbocycles. The van der Waals surface area contributed by atoms with Gasteiger partial charge in [0.25, 0.3) is 5.91 Å². The van der Waals surface area contributed by atoms with Crippen molar-refractivity contribution in [3.63, 3.8) is 0 Å². The summed E-state index contributed by atoms with van der Waals surface area (Å²) >= 11 is 3.22. The molecule has 100 valence electrons. The van der Waals surface area contributed by atoms with Crippen LogP contribution in [0.1, 0.15) is 16.8 Å². The van der Waals surface area contributed by atoms with E-state index in [9.17, 15) is 9.18 Å².